The lowest BCUT2D eigenvalue weighted by Crippen LogP contribution is -2.12. The average molecular weight is 254 g/mol. The lowest BCUT2D eigenvalue weighted by atomic mass is 10.2. The third-order valence-electron chi connectivity index (χ3n) is 2.82. The number of rotatable bonds is 4. The van der Waals surface area contributed by atoms with E-state index in [0.717, 1.165) is 17.4 Å². The molecule has 0 radical (unpaired) electrons. The first-order valence-corrected chi connectivity index (χ1v) is 6.26. The highest BCUT2D eigenvalue weighted by Gasteiger charge is 2.10. The maximum atomic E-state index is 5.23. The predicted molar refractivity (Wildman–Crippen MR) is 72.4 cm³/mol. The topological polar surface area (TPSA) is 63.8 Å². The Balaban J connectivity index is 1.92. The van der Waals surface area contributed by atoms with Crippen LogP contribution in [0.15, 0.2) is 40.9 Å². The second-order valence-electron chi connectivity index (χ2n) is 4.19. The zero-order valence-electron chi connectivity index (χ0n) is 10.6. The minimum absolute atomic E-state index is 0.457. The molecule has 1 N–H and O–H groups in total. The quantitative estimate of drug-likeness (QED) is 0.774. The van der Waals surface area contributed by atoms with Crippen LogP contribution in [0.25, 0.3) is 22.5 Å². The number of hydrogen-bond acceptors (Lipinski definition) is 5. The van der Waals surface area contributed by atoms with Crippen LogP contribution in [-0.4, -0.2) is 21.7 Å². The van der Waals surface area contributed by atoms with Gasteiger partial charge in [-0.25, -0.2) is 4.98 Å². The summed E-state index contributed by atoms with van der Waals surface area (Å²) >= 11 is 0. The summed E-state index contributed by atoms with van der Waals surface area (Å²) in [5.74, 6) is 1.10. The number of nitrogens with one attached hydrogen (secondary N) is 1. The molecule has 2 aromatic heterocycles. The molecule has 5 nitrogen and oxygen atoms in total. The van der Waals surface area contributed by atoms with E-state index in [1.165, 1.54) is 0 Å². The van der Waals surface area contributed by atoms with E-state index in [1.807, 2.05) is 43.3 Å². The first kappa shape index (κ1) is 11.8. The van der Waals surface area contributed by atoms with Crippen LogP contribution < -0.4 is 5.32 Å². The molecule has 0 amide bonds. The van der Waals surface area contributed by atoms with Gasteiger partial charge in [0.05, 0.1) is 12.1 Å². The predicted octanol–water partition coefficient (Wildman–Crippen LogP) is 2.39. The monoisotopic (exact) mass is 254 g/mol. The molecule has 0 atom stereocenters. The number of pyridine rings is 1. The van der Waals surface area contributed by atoms with Crippen molar-refractivity contribution in [2.75, 3.05) is 6.54 Å². The number of benzene rings is 1. The van der Waals surface area contributed by atoms with E-state index in [2.05, 4.69) is 20.4 Å². The van der Waals surface area contributed by atoms with Gasteiger partial charge in [-0.15, -0.1) is 0 Å². The van der Waals surface area contributed by atoms with Gasteiger partial charge in [-0.2, -0.15) is 4.98 Å². The molecule has 19 heavy (non-hydrogen) atoms. The van der Waals surface area contributed by atoms with Gasteiger partial charge >= 0.3 is 0 Å². The van der Waals surface area contributed by atoms with E-state index in [1.54, 1.807) is 0 Å². The van der Waals surface area contributed by atoms with E-state index < -0.39 is 0 Å². The number of fused-ring (bicyclic) bond motifs is 1. The molecule has 0 aliphatic carbocycles. The van der Waals surface area contributed by atoms with Crippen LogP contribution in [0.1, 0.15) is 12.7 Å². The number of nitrogens with zero attached hydrogens (tertiary/aromatic N) is 3. The maximum absolute atomic E-state index is 5.23. The van der Waals surface area contributed by atoms with Crippen molar-refractivity contribution in [3.8, 4) is 11.6 Å². The highest BCUT2D eigenvalue weighted by atomic mass is 16.5. The van der Waals surface area contributed by atoms with E-state index in [9.17, 15) is 0 Å². The summed E-state index contributed by atoms with van der Waals surface area (Å²) < 4.78 is 5.23. The van der Waals surface area contributed by atoms with Gasteiger partial charge < -0.3 is 9.84 Å². The SMILES string of the molecule is CCNCc1noc(-c2ccc3ccccc3n2)n1. The normalized spacial score (nSPS) is 11.0. The fourth-order valence-corrected chi connectivity index (χ4v) is 1.85. The Morgan fingerprint density at radius 1 is 1.11 bits per heavy atom. The van der Waals surface area contributed by atoms with Crippen LogP contribution in [0, 0.1) is 0 Å². The zero-order valence-corrected chi connectivity index (χ0v) is 10.6. The van der Waals surface area contributed by atoms with Crippen LogP contribution >= 0.6 is 0 Å². The molecule has 0 saturated heterocycles. The van der Waals surface area contributed by atoms with Crippen molar-refractivity contribution in [3.63, 3.8) is 0 Å². The molecule has 0 fully saturated rings. The van der Waals surface area contributed by atoms with Gasteiger partial charge in [0.1, 0.15) is 5.69 Å². The molecule has 0 saturated carbocycles. The number of para-hydroxylation sites is 1. The fourth-order valence-electron chi connectivity index (χ4n) is 1.85. The minimum Gasteiger partial charge on any atom is -0.332 e. The van der Waals surface area contributed by atoms with Crippen LogP contribution in [0.5, 0.6) is 0 Å². The van der Waals surface area contributed by atoms with Crippen molar-refractivity contribution >= 4 is 10.9 Å². The Bertz CT molecular complexity index is 692. The summed E-state index contributed by atoms with van der Waals surface area (Å²) in [6.45, 7) is 3.51. The van der Waals surface area contributed by atoms with Crippen molar-refractivity contribution in [2.45, 2.75) is 13.5 Å². The summed E-state index contributed by atoms with van der Waals surface area (Å²) in [5, 5.41) is 8.17. The van der Waals surface area contributed by atoms with Crippen LogP contribution in [0.4, 0.5) is 0 Å². The summed E-state index contributed by atoms with van der Waals surface area (Å²) in [5.41, 5.74) is 1.63. The van der Waals surface area contributed by atoms with Crippen molar-refractivity contribution in [2.24, 2.45) is 0 Å². The average Bonchev–Trinajstić information content (AvgIpc) is 2.93. The minimum atomic E-state index is 0.457. The zero-order chi connectivity index (χ0) is 13.1. The lowest BCUT2D eigenvalue weighted by Gasteiger charge is -1.98. The van der Waals surface area contributed by atoms with E-state index in [-0.39, 0.29) is 0 Å². The summed E-state index contributed by atoms with van der Waals surface area (Å²) in [6.07, 6.45) is 0. The van der Waals surface area contributed by atoms with Crippen molar-refractivity contribution in [1.29, 1.82) is 0 Å². The van der Waals surface area contributed by atoms with Crippen molar-refractivity contribution < 1.29 is 4.52 Å². The Morgan fingerprint density at radius 2 is 2.00 bits per heavy atom. The third kappa shape index (κ3) is 2.46. The molecular formula is C14H14N4O. The van der Waals surface area contributed by atoms with Crippen molar-refractivity contribution in [3.05, 3.63) is 42.2 Å². The van der Waals surface area contributed by atoms with E-state index in [0.29, 0.717) is 24.0 Å². The molecule has 0 aliphatic rings. The van der Waals surface area contributed by atoms with Gasteiger partial charge in [0.2, 0.25) is 0 Å². The fraction of sp³-hybridized carbons (Fsp3) is 0.214. The number of hydrogen-bond donors (Lipinski definition) is 1. The Morgan fingerprint density at radius 3 is 2.89 bits per heavy atom. The molecule has 3 rings (SSSR count). The summed E-state index contributed by atoms with van der Waals surface area (Å²) in [6, 6.07) is 11.8. The molecule has 0 spiro atoms. The standard InChI is InChI=1S/C14H14N4O/c1-2-15-9-13-17-14(19-18-13)12-8-7-10-5-3-4-6-11(10)16-12/h3-8,15H,2,9H2,1H3. The van der Waals surface area contributed by atoms with Crippen LogP contribution in [0.3, 0.4) is 0 Å². The lowest BCUT2D eigenvalue weighted by molar-refractivity contribution is 0.419. The second kappa shape index (κ2) is 5.16. The molecule has 2 heterocycles. The molecule has 1 aromatic carbocycles. The molecule has 0 aliphatic heterocycles. The van der Waals surface area contributed by atoms with Crippen LogP contribution in [-0.2, 0) is 6.54 Å². The third-order valence-corrected chi connectivity index (χ3v) is 2.82. The number of aromatic nitrogens is 3. The van der Waals surface area contributed by atoms with Gasteiger partial charge in [0.25, 0.3) is 5.89 Å². The first-order valence-electron chi connectivity index (χ1n) is 6.26. The molecule has 0 bridgehead atoms. The van der Waals surface area contributed by atoms with Gasteiger partial charge in [-0.1, -0.05) is 36.3 Å². The highest BCUT2D eigenvalue weighted by Crippen LogP contribution is 2.19. The Kier molecular flexibility index (Phi) is 3.20. The molecule has 3 aromatic rings. The summed E-state index contributed by atoms with van der Waals surface area (Å²) in [4.78, 5) is 8.84. The Hall–Kier alpha value is -2.27. The molecule has 5 heteroatoms. The Labute approximate surface area is 110 Å². The van der Waals surface area contributed by atoms with E-state index in [4.69, 9.17) is 4.52 Å². The van der Waals surface area contributed by atoms with Crippen LogP contribution in [0.2, 0.25) is 0 Å². The van der Waals surface area contributed by atoms with Gasteiger partial charge in [0.15, 0.2) is 5.82 Å². The van der Waals surface area contributed by atoms with E-state index >= 15 is 0 Å². The molecule has 96 valence electrons. The summed E-state index contributed by atoms with van der Waals surface area (Å²) in [7, 11) is 0. The van der Waals surface area contributed by atoms with Gasteiger partial charge in [0, 0.05) is 5.39 Å². The highest BCUT2D eigenvalue weighted by molar-refractivity contribution is 5.80. The molecule has 0 unspecified atom stereocenters. The maximum Gasteiger partial charge on any atom is 0.276 e. The first-order chi connectivity index (χ1) is 9.36. The van der Waals surface area contributed by atoms with Gasteiger partial charge in [-0.05, 0) is 18.7 Å². The van der Waals surface area contributed by atoms with Crippen molar-refractivity contribution in [1.82, 2.24) is 20.4 Å². The molecular weight excluding hydrogens is 240 g/mol. The largest absolute Gasteiger partial charge is 0.332 e. The smallest absolute Gasteiger partial charge is 0.276 e. The second-order valence-corrected chi connectivity index (χ2v) is 4.19. The van der Waals surface area contributed by atoms with Gasteiger partial charge in [-0.3, -0.25) is 0 Å².